The molecule has 0 amide bonds. The van der Waals surface area contributed by atoms with E-state index < -0.39 is 24.3 Å². The summed E-state index contributed by atoms with van der Waals surface area (Å²) in [6.45, 7) is 9.00. The van der Waals surface area contributed by atoms with Gasteiger partial charge in [-0.25, -0.2) is 4.79 Å². The zero-order valence-corrected chi connectivity index (χ0v) is 11.4. The van der Waals surface area contributed by atoms with Gasteiger partial charge in [0.1, 0.15) is 0 Å². The third-order valence-corrected chi connectivity index (χ3v) is 4.06. The first-order valence-corrected chi connectivity index (χ1v) is 6.26. The molecule has 0 bridgehead atoms. The van der Waals surface area contributed by atoms with Crippen molar-refractivity contribution in [3.8, 4) is 0 Å². The maximum atomic E-state index is 11.2. The highest BCUT2D eigenvalue weighted by atomic mass is 16.7. The van der Waals surface area contributed by atoms with Crippen LogP contribution >= 0.6 is 0 Å². The molecule has 2 aliphatic rings. The lowest BCUT2D eigenvalue weighted by molar-refractivity contribution is -0.132. The molecule has 100 valence electrons. The Hall–Kier alpha value is -0.845. The largest absolute Gasteiger partial charge is 0.491 e. The average Bonchev–Trinajstić information content (AvgIpc) is 2.48. The topological polar surface area (TPSA) is 67.8 Å². The molecular formula is C12H20BNO4. The molecular weight excluding hydrogens is 233 g/mol. The average molecular weight is 253 g/mol. The maximum Gasteiger partial charge on any atom is 0.491 e. The number of aliphatic carboxylic acids is 1. The van der Waals surface area contributed by atoms with Crippen LogP contribution in [0, 0.1) is 0 Å². The van der Waals surface area contributed by atoms with Gasteiger partial charge in [-0.3, -0.25) is 0 Å². The minimum absolute atomic E-state index is 0.370. The first-order valence-electron chi connectivity index (χ1n) is 6.26. The number of carboxylic acid groups (broad SMARTS) is 1. The smallest absolute Gasteiger partial charge is 0.478 e. The molecule has 6 heteroatoms. The summed E-state index contributed by atoms with van der Waals surface area (Å²) in [7, 11) is -0.539. The minimum atomic E-state index is -0.896. The molecule has 0 radical (unpaired) electrons. The van der Waals surface area contributed by atoms with E-state index in [2.05, 4.69) is 5.32 Å². The van der Waals surface area contributed by atoms with Crippen LogP contribution in [0.4, 0.5) is 0 Å². The summed E-state index contributed by atoms with van der Waals surface area (Å²) >= 11 is 0. The van der Waals surface area contributed by atoms with Gasteiger partial charge in [-0.05, 0) is 46.1 Å². The fourth-order valence-electron chi connectivity index (χ4n) is 2.16. The van der Waals surface area contributed by atoms with Crippen LogP contribution in [0.25, 0.3) is 0 Å². The van der Waals surface area contributed by atoms with Crippen molar-refractivity contribution in [2.45, 2.75) is 45.3 Å². The summed E-state index contributed by atoms with van der Waals surface area (Å²) in [5, 5.41) is 12.3. The molecule has 0 aliphatic carbocycles. The molecule has 5 nitrogen and oxygen atoms in total. The summed E-state index contributed by atoms with van der Waals surface area (Å²) in [5.74, 6) is -0.896. The Morgan fingerprint density at radius 1 is 1.28 bits per heavy atom. The molecule has 0 atom stereocenters. The maximum absolute atomic E-state index is 11.2. The van der Waals surface area contributed by atoms with E-state index in [1.54, 1.807) is 0 Å². The van der Waals surface area contributed by atoms with Crippen molar-refractivity contribution in [2.75, 3.05) is 13.1 Å². The van der Waals surface area contributed by atoms with Gasteiger partial charge < -0.3 is 19.7 Å². The summed E-state index contributed by atoms with van der Waals surface area (Å²) in [5.41, 5.74) is 0.276. The highest BCUT2D eigenvalue weighted by Gasteiger charge is 2.53. The van der Waals surface area contributed by atoms with Crippen LogP contribution in [-0.2, 0) is 14.1 Å². The quantitative estimate of drug-likeness (QED) is 0.718. The van der Waals surface area contributed by atoms with Gasteiger partial charge >= 0.3 is 13.1 Å². The normalized spacial score (nSPS) is 26.6. The molecule has 0 aromatic heterocycles. The molecule has 0 spiro atoms. The Balaban J connectivity index is 2.30. The molecule has 0 saturated carbocycles. The Bertz CT molecular complexity index is 387. The third-order valence-electron chi connectivity index (χ3n) is 4.06. The molecule has 2 N–H and O–H groups in total. The summed E-state index contributed by atoms with van der Waals surface area (Å²) in [6.07, 6.45) is 0.651. The summed E-state index contributed by atoms with van der Waals surface area (Å²) in [6, 6.07) is 0. The van der Waals surface area contributed by atoms with Gasteiger partial charge in [0.05, 0.1) is 11.2 Å². The molecule has 18 heavy (non-hydrogen) atoms. The lowest BCUT2D eigenvalue weighted by Crippen LogP contribution is -2.41. The van der Waals surface area contributed by atoms with Gasteiger partial charge in [0.25, 0.3) is 0 Å². The van der Waals surface area contributed by atoms with Crippen molar-refractivity contribution in [2.24, 2.45) is 0 Å². The Kier molecular flexibility index (Phi) is 3.29. The first-order chi connectivity index (χ1) is 8.24. The Morgan fingerprint density at radius 3 is 2.33 bits per heavy atom. The van der Waals surface area contributed by atoms with Crippen LogP contribution in [0.3, 0.4) is 0 Å². The number of hydrogen-bond acceptors (Lipinski definition) is 4. The number of carbonyl (C=O) groups is 1. The second-order valence-electron chi connectivity index (χ2n) is 5.82. The van der Waals surface area contributed by atoms with E-state index in [-0.39, 0.29) is 0 Å². The number of hydrogen-bond donors (Lipinski definition) is 2. The van der Waals surface area contributed by atoms with E-state index in [4.69, 9.17) is 9.31 Å². The molecule has 2 aliphatic heterocycles. The van der Waals surface area contributed by atoms with E-state index in [0.29, 0.717) is 18.5 Å². The highest BCUT2D eigenvalue weighted by Crippen LogP contribution is 2.39. The zero-order valence-electron chi connectivity index (χ0n) is 11.4. The highest BCUT2D eigenvalue weighted by molar-refractivity contribution is 6.55. The van der Waals surface area contributed by atoms with Gasteiger partial charge in [0.15, 0.2) is 0 Å². The van der Waals surface area contributed by atoms with Crippen molar-refractivity contribution < 1.29 is 19.2 Å². The van der Waals surface area contributed by atoms with Gasteiger partial charge in [-0.2, -0.15) is 0 Å². The monoisotopic (exact) mass is 253 g/mol. The Labute approximate surface area is 108 Å². The van der Waals surface area contributed by atoms with Gasteiger partial charge in [0.2, 0.25) is 0 Å². The molecule has 1 saturated heterocycles. The molecule has 0 aromatic carbocycles. The summed E-state index contributed by atoms with van der Waals surface area (Å²) < 4.78 is 11.8. The number of carboxylic acids is 1. The SMILES string of the molecule is CC1(C)OB(C2=C(C(=O)O)CNCC2)OC1(C)C. The van der Waals surface area contributed by atoms with E-state index >= 15 is 0 Å². The van der Waals surface area contributed by atoms with Crippen molar-refractivity contribution >= 4 is 13.1 Å². The van der Waals surface area contributed by atoms with E-state index in [0.717, 1.165) is 12.0 Å². The molecule has 2 heterocycles. The second kappa shape index (κ2) is 4.37. The predicted molar refractivity (Wildman–Crippen MR) is 68.2 cm³/mol. The van der Waals surface area contributed by atoms with Crippen LogP contribution in [0.5, 0.6) is 0 Å². The van der Waals surface area contributed by atoms with Crippen LogP contribution in [0.2, 0.25) is 0 Å². The lowest BCUT2D eigenvalue weighted by atomic mass is 9.72. The van der Waals surface area contributed by atoms with E-state index in [1.165, 1.54) is 0 Å². The fourth-order valence-corrected chi connectivity index (χ4v) is 2.16. The summed E-state index contributed by atoms with van der Waals surface area (Å²) in [4.78, 5) is 11.2. The molecule has 2 rings (SSSR count). The number of nitrogens with one attached hydrogen (secondary N) is 1. The van der Waals surface area contributed by atoms with Crippen LogP contribution < -0.4 is 5.32 Å². The van der Waals surface area contributed by atoms with E-state index in [1.807, 2.05) is 27.7 Å². The van der Waals surface area contributed by atoms with Crippen molar-refractivity contribution in [1.82, 2.24) is 5.32 Å². The molecule has 0 unspecified atom stereocenters. The second-order valence-corrected chi connectivity index (χ2v) is 5.82. The predicted octanol–water partition coefficient (Wildman–Crippen LogP) is 0.992. The van der Waals surface area contributed by atoms with Crippen molar-refractivity contribution in [1.29, 1.82) is 0 Å². The molecule has 0 aromatic rings. The van der Waals surface area contributed by atoms with Gasteiger partial charge in [-0.15, -0.1) is 0 Å². The van der Waals surface area contributed by atoms with Crippen LogP contribution in [0.15, 0.2) is 11.0 Å². The standard InChI is InChI=1S/C12H20BNO4/c1-11(2)12(3,4)18-13(17-11)9-5-6-14-7-8(9)10(15)16/h14H,5-7H2,1-4H3,(H,15,16). The first kappa shape index (κ1) is 13.6. The lowest BCUT2D eigenvalue weighted by Gasteiger charge is -2.32. The fraction of sp³-hybridized carbons (Fsp3) is 0.750. The van der Waals surface area contributed by atoms with Crippen LogP contribution in [0.1, 0.15) is 34.1 Å². The molecule has 1 fully saturated rings. The zero-order chi connectivity index (χ0) is 13.6. The third kappa shape index (κ3) is 2.20. The van der Waals surface area contributed by atoms with Gasteiger partial charge in [-0.1, -0.05) is 0 Å². The van der Waals surface area contributed by atoms with Crippen molar-refractivity contribution in [3.05, 3.63) is 11.0 Å². The van der Waals surface area contributed by atoms with E-state index in [9.17, 15) is 9.90 Å². The number of rotatable bonds is 2. The minimum Gasteiger partial charge on any atom is -0.478 e. The van der Waals surface area contributed by atoms with Gasteiger partial charge in [0, 0.05) is 12.1 Å². The van der Waals surface area contributed by atoms with Crippen LogP contribution in [-0.4, -0.2) is 42.5 Å². The Morgan fingerprint density at radius 2 is 1.83 bits per heavy atom. The van der Waals surface area contributed by atoms with Crippen molar-refractivity contribution in [3.63, 3.8) is 0 Å².